The van der Waals surface area contributed by atoms with Crippen LogP contribution >= 0.6 is 0 Å². The third-order valence-corrected chi connectivity index (χ3v) is 5.20. The van der Waals surface area contributed by atoms with E-state index in [-0.39, 0.29) is 18.6 Å². The van der Waals surface area contributed by atoms with E-state index in [4.69, 9.17) is 5.11 Å². The Morgan fingerprint density at radius 3 is 2.58 bits per heavy atom. The third kappa shape index (κ3) is 8.84. The van der Waals surface area contributed by atoms with Gasteiger partial charge in [-0.05, 0) is 43.9 Å². The van der Waals surface area contributed by atoms with Gasteiger partial charge in [-0.3, -0.25) is 4.79 Å². The topological polar surface area (TPSA) is 77.8 Å². The lowest BCUT2D eigenvalue weighted by Crippen LogP contribution is -2.18. The summed E-state index contributed by atoms with van der Waals surface area (Å²) in [5.41, 5.74) is 0. The van der Waals surface area contributed by atoms with Crippen LogP contribution in [0, 0.1) is 11.8 Å². The van der Waals surface area contributed by atoms with Crippen LogP contribution in [0.1, 0.15) is 84.0 Å². The molecule has 24 heavy (non-hydrogen) atoms. The van der Waals surface area contributed by atoms with Gasteiger partial charge in [0.1, 0.15) is 0 Å². The zero-order valence-corrected chi connectivity index (χ0v) is 15.2. The number of unbranched alkanes of at least 4 members (excludes halogenated alkanes) is 5. The van der Waals surface area contributed by atoms with E-state index < -0.39 is 5.97 Å². The molecule has 4 atom stereocenters. The lowest BCUT2D eigenvalue weighted by molar-refractivity contribution is -0.137. The molecular weight excluding hydrogens is 304 g/mol. The molecule has 1 rings (SSSR count). The number of aliphatic hydroxyl groups is 2. The largest absolute Gasteiger partial charge is 0.481 e. The van der Waals surface area contributed by atoms with Gasteiger partial charge in [-0.1, -0.05) is 57.6 Å². The number of carboxylic acids is 1. The van der Waals surface area contributed by atoms with Crippen LogP contribution in [0.25, 0.3) is 0 Å². The van der Waals surface area contributed by atoms with Crippen LogP contribution in [-0.2, 0) is 4.79 Å². The molecule has 0 saturated heterocycles. The Morgan fingerprint density at radius 1 is 1.12 bits per heavy atom. The van der Waals surface area contributed by atoms with Crippen LogP contribution in [0.15, 0.2) is 12.2 Å². The van der Waals surface area contributed by atoms with Crippen molar-refractivity contribution < 1.29 is 20.1 Å². The minimum absolute atomic E-state index is 0.226. The van der Waals surface area contributed by atoms with Gasteiger partial charge in [0.25, 0.3) is 0 Å². The Balaban J connectivity index is 2.27. The van der Waals surface area contributed by atoms with Gasteiger partial charge >= 0.3 is 5.97 Å². The number of hydrogen-bond donors (Lipinski definition) is 3. The second kappa shape index (κ2) is 12.5. The molecule has 0 amide bonds. The molecule has 4 nitrogen and oxygen atoms in total. The van der Waals surface area contributed by atoms with E-state index in [1.807, 2.05) is 6.08 Å². The van der Waals surface area contributed by atoms with Crippen molar-refractivity contribution >= 4 is 5.97 Å². The molecule has 140 valence electrons. The molecule has 0 heterocycles. The number of rotatable bonds is 13. The van der Waals surface area contributed by atoms with E-state index in [0.29, 0.717) is 11.8 Å². The molecule has 1 fully saturated rings. The molecule has 1 aliphatic rings. The molecule has 0 bridgehead atoms. The average molecular weight is 341 g/mol. The third-order valence-electron chi connectivity index (χ3n) is 5.20. The first-order chi connectivity index (χ1) is 11.5. The van der Waals surface area contributed by atoms with Crippen molar-refractivity contribution in [3.63, 3.8) is 0 Å². The predicted octanol–water partition coefficient (Wildman–Crippen LogP) is 4.30. The van der Waals surface area contributed by atoms with Crippen LogP contribution < -0.4 is 0 Å². The van der Waals surface area contributed by atoms with Crippen LogP contribution in [0.3, 0.4) is 0 Å². The van der Waals surface area contributed by atoms with Gasteiger partial charge in [-0.2, -0.15) is 0 Å². The fourth-order valence-electron chi connectivity index (χ4n) is 3.70. The second-order valence-electron chi connectivity index (χ2n) is 7.27. The maximum atomic E-state index is 10.5. The minimum Gasteiger partial charge on any atom is -0.481 e. The summed E-state index contributed by atoms with van der Waals surface area (Å²) in [6.45, 7) is 2.16. The summed E-state index contributed by atoms with van der Waals surface area (Å²) in [4.78, 5) is 10.5. The van der Waals surface area contributed by atoms with E-state index in [1.165, 1.54) is 6.42 Å². The number of hydrogen-bond acceptors (Lipinski definition) is 3. The Labute approximate surface area is 147 Å². The first kappa shape index (κ1) is 21.2. The van der Waals surface area contributed by atoms with Crippen molar-refractivity contribution in [2.24, 2.45) is 11.8 Å². The highest BCUT2D eigenvalue weighted by Crippen LogP contribution is 2.36. The Hall–Kier alpha value is -0.870. The summed E-state index contributed by atoms with van der Waals surface area (Å²) in [7, 11) is 0. The van der Waals surface area contributed by atoms with Crippen molar-refractivity contribution in [1.29, 1.82) is 0 Å². The van der Waals surface area contributed by atoms with E-state index in [2.05, 4.69) is 13.0 Å². The summed E-state index contributed by atoms with van der Waals surface area (Å²) in [6, 6.07) is 0. The van der Waals surface area contributed by atoms with Crippen LogP contribution in [0.2, 0.25) is 0 Å². The molecule has 0 aromatic carbocycles. The summed E-state index contributed by atoms with van der Waals surface area (Å²) in [5, 5.41) is 28.8. The highest BCUT2D eigenvalue weighted by Gasteiger charge is 2.32. The highest BCUT2D eigenvalue weighted by atomic mass is 16.4. The Morgan fingerprint density at radius 2 is 1.88 bits per heavy atom. The van der Waals surface area contributed by atoms with Gasteiger partial charge in [0.2, 0.25) is 0 Å². The highest BCUT2D eigenvalue weighted by molar-refractivity contribution is 5.66. The predicted molar refractivity (Wildman–Crippen MR) is 96.8 cm³/mol. The monoisotopic (exact) mass is 340 g/mol. The molecule has 0 aliphatic heterocycles. The average Bonchev–Trinajstić information content (AvgIpc) is 2.89. The van der Waals surface area contributed by atoms with Gasteiger partial charge in [0.15, 0.2) is 0 Å². The summed E-state index contributed by atoms with van der Waals surface area (Å²) in [5.74, 6) is -0.0488. The zero-order valence-electron chi connectivity index (χ0n) is 15.2. The quantitative estimate of drug-likeness (QED) is 0.345. The first-order valence-corrected chi connectivity index (χ1v) is 9.80. The molecule has 3 N–H and O–H groups in total. The van der Waals surface area contributed by atoms with Crippen molar-refractivity contribution in [3.8, 4) is 0 Å². The fourth-order valence-corrected chi connectivity index (χ4v) is 3.70. The smallest absolute Gasteiger partial charge is 0.303 e. The van der Waals surface area contributed by atoms with E-state index in [9.17, 15) is 15.0 Å². The molecule has 2 unspecified atom stereocenters. The summed E-state index contributed by atoms with van der Waals surface area (Å²) < 4.78 is 0. The molecule has 0 radical (unpaired) electrons. The lowest BCUT2D eigenvalue weighted by Gasteiger charge is -2.20. The number of aliphatic carboxylic acids is 1. The van der Waals surface area contributed by atoms with Crippen LogP contribution in [0.5, 0.6) is 0 Å². The molecule has 0 spiro atoms. The molecule has 0 aromatic rings. The number of carbonyl (C=O) groups is 1. The molecular formula is C20H36O4. The normalized spacial score (nSPS) is 25.4. The molecule has 0 aromatic heterocycles. The van der Waals surface area contributed by atoms with Crippen molar-refractivity contribution in [2.75, 3.05) is 0 Å². The van der Waals surface area contributed by atoms with Gasteiger partial charge in [0, 0.05) is 6.42 Å². The SMILES string of the molecule is CCCCCC(O)C=C[C@H]1CCC(O)[C@@H]1CCCCCCC(=O)O. The van der Waals surface area contributed by atoms with Crippen molar-refractivity contribution in [2.45, 2.75) is 96.2 Å². The fraction of sp³-hybridized carbons (Fsp3) is 0.850. The van der Waals surface area contributed by atoms with Crippen LogP contribution in [-0.4, -0.2) is 33.5 Å². The number of allylic oxidation sites excluding steroid dienone is 1. The maximum absolute atomic E-state index is 10.5. The summed E-state index contributed by atoms with van der Waals surface area (Å²) in [6.07, 6.45) is 14.6. The molecule has 1 saturated carbocycles. The van der Waals surface area contributed by atoms with Crippen LogP contribution in [0.4, 0.5) is 0 Å². The van der Waals surface area contributed by atoms with Gasteiger partial charge in [-0.25, -0.2) is 0 Å². The number of carboxylic acid groups (broad SMARTS) is 1. The van der Waals surface area contributed by atoms with E-state index >= 15 is 0 Å². The second-order valence-corrected chi connectivity index (χ2v) is 7.27. The Kier molecular flexibility index (Phi) is 11.0. The standard InChI is InChI=1S/C20H36O4/c1-2-3-6-9-17(21)14-12-16-13-15-19(22)18(16)10-7-4-5-8-11-20(23)24/h12,14,16-19,21-22H,2-11,13,15H2,1H3,(H,23,24)/t16-,17?,18+,19?/m0/s1. The van der Waals surface area contributed by atoms with E-state index in [0.717, 1.165) is 64.2 Å². The van der Waals surface area contributed by atoms with Crippen molar-refractivity contribution in [3.05, 3.63) is 12.2 Å². The maximum Gasteiger partial charge on any atom is 0.303 e. The molecule has 1 aliphatic carbocycles. The van der Waals surface area contributed by atoms with E-state index in [1.54, 1.807) is 0 Å². The van der Waals surface area contributed by atoms with Gasteiger partial charge in [0.05, 0.1) is 12.2 Å². The zero-order chi connectivity index (χ0) is 17.8. The lowest BCUT2D eigenvalue weighted by atomic mass is 9.88. The van der Waals surface area contributed by atoms with Crippen molar-refractivity contribution in [1.82, 2.24) is 0 Å². The Bertz CT molecular complexity index is 367. The van der Waals surface area contributed by atoms with Gasteiger partial charge in [-0.15, -0.1) is 0 Å². The summed E-state index contributed by atoms with van der Waals surface area (Å²) >= 11 is 0. The minimum atomic E-state index is -0.719. The first-order valence-electron chi connectivity index (χ1n) is 9.80. The number of aliphatic hydroxyl groups excluding tert-OH is 2. The molecule has 4 heteroatoms. The van der Waals surface area contributed by atoms with Gasteiger partial charge < -0.3 is 15.3 Å².